The lowest BCUT2D eigenvalue weighted by Gasteiger charge is -2.09. The number of nitrogens with zero attached hydrogens (tertiary/aromatic N) is 1. The SMILES string of the molecule is CCc1ncc(C(=O)Nc2ccc(NC(=O)c3ccco3)c(Cl)c2)s1. The van der Waals surface area contributed by atoms with Crippen molar-refractivity contribution < 1.29 is 14.0 Å². The fourth-order valence-corrected chi connectivity index (χ4v) is 3.04. The van der Waals surface area contributed by atoms with Gasteiger partial charge < -0.3 is 15.1 Å². The number of anilines is 2. The molecular formula is C17H14ClN3O3S. The van der Waals surface area contributed by atoms with Crippen LogP contribution >= 0.6 is 22.9 Å². The molecule has 0 aliphatic rings. The number of amides is 2. The van der Waals surface area contributed by atoms with Crippen molar-refractivity contribution in [2.24, 2.45) is 0 Å². The molecule has 1 aromatic carbocycles. The minimum atomic E-state index is -0.402. The highest BCUT2D eigenvalue weighted by Crippen LogP contribution is 2.27. The third-order valence-electron chi connectivity index (χ3n) is 3.30. The van der Waals surface area contributed by atoms with E-state index in [1.807, 2.05) is 6.92 Å². The lowest BCUT2D eigenvalue weighted by Crippen LogP contribution is -2.12. The summed E-state index contributed by atoms with van der Waals surface area (Å²) >= 11 is 7.54. The average molecular weight is 376 g/mol. The lowest BCUT2D eigenvalue weighted by atomic mass is 10.2. The summed E-state index contributed by atoms with van der Waals surface area (Å²) in [5, 5.41) is 6.61. The van der Waals surface area contributed by atoms with Crippen LogP contribution in [0.25, 0.3) is 0 Å². The second kappa shape index (κ2) is 7.50. The van der Waals surface area contributed by atoms with Crippen LogP contribution in [-0.2, 0) is 6.42 Å². The van der Waals surface area contributed by atoms with Crippen molar-refractivity contribution in [3.05, 3.63) is 63.5 Å². The molecule has 8 heteroatoms. The third-order valence-corrected chi connectivity index (χ3v) is 4.75. The number of aryl methyl sites for hydroxylation is 1. The average Bonchev–Trinajstić information content (AvgIpc) is 3.28. The van der Waals surface area contributed by atoms with Gasteiger partial charge in [0, 0.05) is 5.69 Å². The lowest BCUT2D eigenvalue weighted by molar-refractivity contribution is 0.0994. The molecule has 0 aliphatic carbocycles. The first-order valence-corrected chi connectivity index (χ1v) is 8.66. The van der Waals surface area contributed by atoms with Gasteiger partial charge in [0.1, 0.15) is 4.88 Å². The first kappa shape index (κ1) is 17.2. The summed E-state index contributed by atoms with van der Waals surface area (Å²) in [5.74, 6) is -0.466. The number of rotatable bonds is 5. The first-order valence-electron chi connectivity index (χ1n) is 7.47. The molecule has 2 N–H and O–H groups in total. The van der Waals surface area contributed by atoms with Crippen LogP contribution in [0.3, 0.4) is 0 Å². The summed E-state index contributed by atoms with van der Waals surface area (Å²) in [7, 11) is 0. The van der Waals surface area contributed by atoms with Crippen LogP contribution in [-0.4, -0.2) is 16.8 Å². The number of halogens is 1. The molecule has 0 saturated heterocycles. The van der Waals surface area contributed by atoms with Gasteiger partial charge in [-0.25, -0.2) is 4.98 Å². The summed E-state index contributed by atoms with van der Waals surface area (Å²) in [4.78, 5) is 28.9. The second-order valence-corrected chi connectivity index (χ2v) is 6.57. The van der Waals surface area contributed by atoms with E-state index in [-0.39, 0.29) is 11.7 Å². The topological polar surface area (TPSA) is 84.2 Å². The van der Waals surface area contributed by atoms with Crippen molar-refractivity contribution in [3.63, 3.8) is 0 Å². The quantitative estimate of drug-likeness (QED) is 0.689. The van der Waals surface area contributed by atoms with Gasteiger partial charge in [-0.1, -0.05) is 18.5 Å². The van der Waals surface area contributed by atoms with Crippen LogP contribution in [0.15, 0.2) is 47.2 Å². The van der Waals surface area contributed by atoms with Gasteiger partial charge in [-0.3, -0.25) is 9.59 Å². The number of furan rings is 1. The van der Waals surface area contributed by atoms with Crippen LogP contribution in [0.5, 0.6) is 0 Å². The molecule has 25 heavy (non-hydrogen) atoms. The maximum atomic E-state index is 12.2. The number of benzene rings is 1. The Kier molecular flexibility index (Phi) is 5.16. The molecule has 0 fully saturated rings. The first-order chi connectivity index (χ1) is 12.1. The number of hydrogen-bond acceptors (Lipinski definition) is 5. The summed E-state index contributed by atoms with van der Waals surface area (Å²) in [6.45, 7) is 1.98. The largest absolute Gasteiger partial charge is 0.459 e. The van der Waals surface area contributed by atoms with Crippen molar-refractivity contribution in [3.8, 4) is 0 Å². The molecule has 2 aromatic heterocycles. The van der Waals surface area contributed by atoms with Gasteiger partial charge in [0.15, 0.2) is 5.76 Å². The molecule has 0 spiro atoms. The smallest absolute Gasteiger partial charge is 0.291 e. The maximum Gasteiger partial charge on any atom is 0.291 e. The molecule has 0 saturated carbocycles. The fourth-order valence-electron chi connectivity index (χ4n) is 2.06. The van der Waals surface area contributed by atoms with Crippen molar-refractivity contribution in [2.75, 3.05) is 10.6 Å². The summed E-state index contributed by atoms with van der Waals surface area (Å²) in [6.07, 6.45) is 3.75. The Morgan fingerprint density at radius 3 is 2.72 bits per heavy atom. The normalized spacial score (nSPS) is 10.5. The van der Waals surface area contributed by atoms with E-state index in [9.17, 15) is 9.59 Å². The van der Waals surface area contributed by atoms with Gasteiger partial charge in [0.05, 0.1) is 28.2 Å². The van der Waals surface area contributed by atoms with E-state index in [4.69, 9.17) is 16.0 Å². The van der Waals surface area contributed by atoms with Crippen LogP contribution in [0.1, 0.15) is 32.2 Å². The standard InChI is InChI=1S/C17H14ClN3O3S/c1-2-15-19-9-14(25-15)17(23)20-10-5-6-12(11(18)8-10)21-16(22)13-4-3-7-24-13/h3-9H,2H2,1H3,(H,20,23)(H,21,22). The molecule has 2 heterocycles. The van der Waals surface area contributed by atoms with E-state index < -0.39 is 5.91 Å². The van der Waals surface area contributed by atoms with E-state index in [0.717, 1.165) is 11.4 Å². The zero-order valence-electron chi connectivity index (χ0n) is 13.2. The Bertz CT molecular complexity index is 906. The molecule has 6 nitrogen and oxygen atoms in total. The summed E-state index contributed by atoms with van der Waals surface area (Å²) in [6, 6.07) is 8.02. The highest BCUT2D eigenvalue weighted by atomic mass is 35.5. The van der Waals surface area contributed by atoms with Crippen molar-refractivity contribution in [1.29, 1.82) is 0 Å². The van der Waals surface area contributed by atoms with Gasteiger partial charge in [-0.05, 0) is 36.8 Å². The zero-order valence-corrected chi connectivity index (χ0v) is 14.8. The molecule has 0 radical (unpaired) electrons. The van der Waals surface area contributed by atoms with E-state index >= 15 is 0 Å². The molecule has 2 amide bonds. The second-order valence-electron chi connectivity index (χ2n) is 5.05. The van der Waals surface area contributed by atoms with E-state index in [2.05, 4.69) is 15.6 Å². The summed E-state index contributed by atoms with van der Waals surface area (Å²) in [5.41, 5.74) is 0.949. The molecule has 0 atom stereocenters. The molecule has 0 unspecified atom stereocenters. The Labute approximate surface area is 152 Å². The van der Waals surface area contributed by atoms with E-state index in [0.29, 0.717) is 21.3 Å². The van der Waals surface area contributed by atoms with Gasteiger partial charge in [-0.2, -0.15) is 0 Å². The predicted octanol–water partition coefficient (Wildman–Crippen LogP) is 4.46. The van der Waals surface area contributed by atoms with E-state index in [1.165, 1.54) is 17.6 Å². The van der Waals surface area contributed by atoms with Crippen molar-refractivity contribution in [2.45, 2.75) is 13.3 Å². The number of nitrogens with one attached hydrogen (secondary N) is 2. The number of carbonyl (C=O) groups excluding carboxylic acids is 2. The fraction of sp³-hybridized carbons (Fsp3) is 0.118. The van der Waals surface area contributed by atoms with Gasteiger partial charge in [0.2, 0.25) is 0 Å². The molecule has 0 bridgehead atoms. The molecule has 0 aliphatic heterocycles. The van der Waals surface area contributed by atoms with Crippen LogP contribution < -0.4 is 10.6 Å². The number of hydrogen-bond donors (Lipinski definition) is 2. The number of aromatic nitrogens is 1. The molecule has 3 rings (SSSR count). The van der Waals surface area contributed by atoms with Crippen LogP contribution in [0.4, 0.5) is 11.4 Å². The monoisotopic (exact) mass is 375 g/mol. The minimum Gasteiger partial charge on any atom is -0.459 e. The van der Waals surface area contributed by atoms with Crippen LogP contribution in [0.2, 0.25) is 5.02 Å². The van der Waals surface area contributed by atoms with Crippen molar-refractivity contribution >= 4 is 46.1 Å². The van der Waals surface area contributed by atoms with Crippen LogP contribution in [0, 0.1) is 0 Å². The van der Waals surface area contributed by atoms with Gasteiger partial charge >= 0.3 is 0 Å². The van der Waals surface area contributed by atoms with E-state index in [1.54, 1.807) is 36.5 Å². The van der Waals surface area contributed by atoms with Gasteiger partial charge in [0.25, 0.3) is 11.8 Å². The molecule has 128 valence electrons. The highest BCUT2D eigenvalue weighted by Gasteiger charge is 2.13. The minimum absolute atomic E-state index is 0.186. The van der Waals surface area contributed by atoms with Gasteiger partial charge in [-0.15, -0.1) is 11.3 Å². The van der Waals surface area contributed by atoms with Crippen molar-refractivity contribution in [1.82, 2.24) is 4.98 Å². The third kappa shape index (κ3) is 4.07. The Morgan fingerprint density at radius 2 is 2.08 bits per heavy atom. The zero-order chi connectivity index (χ0) is 17.8. The Morgan fingerprint density at radius 1 is 1.24 bits per heavy atom. The Hall–Kier alpha value is -2.64. The molecular weight excluding hydrogens is 362 g/mol. The number of thiazole rings is 1. The maximum absolute atomic E-state index is 12.2. The predicted molar refractivity (Wildman–Crippen MR) is 97.6 cm³/mol. The molecule has 3 aromatic rings. The summed E-state index contributed by atoms with van der Waals surface area (Å²) < 4.78 is 5.03. The highest BCUT2D eigenvalue weighted by molar-refractivity contribution is 7.13. The Balaban J connectivity index is 1.69. The number of carbonyl (C=O) groups is 2.